The number of rotatable bonds is 10. The van der Waals surface area contributed by atoms with Gasteiger partial charge in [0.1, 0.15) is 18.2 Å². The van der Waals surface area contributed by atoms with E-state index >= 15 is 0 Å². The third-order valence-electron chi connectivity index (χ3n) is 7.31. The van der Waals surface area contributed by atoms with Gasteiger partial charge in [-0.15, -0.1) is 0 Å². The van der Waals surface area contributed by atoms with Crippen LogP contribution in [0.2, 0.25) is 0 Å². The molecule has 0 aliphatic carbocycles. The van der Waals surface area contributed by atoms with Crippen molar-refractivity contribution in [3.05, 3.63) is 131 Å². The minimum atomic E-state index is -0.754. The molecule has 0 bridgehead atoms. The molecule has 38 heavy (non-hydrogen) atoms. The van der Waals surface area contributed by atoms with E-state index in [0.717, 1.165) is 29.0 Å². The highest BCUT2D eigenvalue weighted by Gasteiger charge is 2.48. The summed E-state index contributed by atoms with van der Waals surface area (Å²) in [6.07, 6.45) is 1.12. The van der Waals surface area contributed by atoms with Gasteiger partial charge in [0, 0.05) is 5.69 Å². The molecule has 1 aliphatic rings. The fraction of sp³-hybridized carbons (Fsp3) is 0.242. The van der Waals surface area contributed by atoms with Crippen molar-refractivity contribution in [2.24, 2.45) is 5.92 Å². The number of amides is 1. The van der Waals surface area contributed by atoms with Crippen LogP contribution in [0.1, 0.15) is 54.2 Å². The molecule has 0 aromatic heterocycles. The average Bonchev–Trinajstić information content (AvgIpc) is 2.96. The van der Waals surface area contributed by atoms with Gasteiger partial charge >= 0.3 is 0 Å². The molecule has 1 aliphatic heterocycles. The number of aliphatic hydroxyl groups is 1. The molecular weight excluding hydrogens is 477 g/mol. The van der Waals surface area contributed by atoms with E-state index in [-0.39, 0.29) is 23.7 Å². The van der Waals surface area contributed by atoms with Crippen molar-refractivity contribution >= 4 is 11.6 Å². The molecule has 0 radical (unpaired) electrons. The Kier molecular flexibility index (Phi) is 7.85. The lowest BCUT2D eigenvalue weighted by molar-refractivity contribution is -0.131. The summed E-state index contributed by atoms with van der Waals surface area (Å²) in [4.78, 5) is 15.2. The molecule has 194 valence electrons. The van der Waals surface area contributed by atoms with Crippen LogP contribution in [-0.2, 0) is 17.8 Å². The van der Waals surface area contributed by atoms with Gasteiger partial charge in [0.2, 0.25) is 5.91 Å². The van der Waals surface area contributed by atoms with Crippen molar-refractivity contribution in [1.82, 2.24) is 0 Å². The Balaban J connectivity index is 1.33. The number of nitrogens with zero attached hydrogens (tertiary/aromatic N) is 1. The number of carbonyl (C=O) groups excluding carboxylic acids is 1. The van der Waals surface area contributed by atoms with E-state index < -0.39 is 6.10 Å². The van der Waals surface area contributed by atoms with Crippen LogP contribution in [0.15, 0.2) is 103 Å². The first-order chi connectivity index (χ1) is 18.5. The number of hydrogen-bond donors (Lipinski definition) is 1. The second kappa shape index (κ2) is 11.6. The zero-order valence-corrected chi connectivity index (χ0v) is 21.5. The number of aryl methyl sites for hydroxylation is 1. The fourth-order valence-electron chi connectivity index (χ4n) is 5.08. The molecule has 0 saturated carbocycles. The van der Waals surface area contributed by atoms with Crippen LogP contribution in [-0.4, -0.2) is 11.0 Å². The predicted octanol–water partition coefficient (Wildman–Crippen LogP) is 7.19. The quantitative estimate of drug-likeness (QED) is 0.230. The lowest BCUT2D eigenvalue weighted by Crippen LogP contribution is -2.55. The summed E-state index contributed by atoms with van der Waals surface area (Å²) < 4.78 is 19.3. The van der Waals surface area contributed by atoms with E-state index in [0.29, 0.717) is 25.0 Å². The Hall–Kier alpha value is -3.96. The van der Waals surface area contributed by atoms with E-state index in [1.54, 1.807) is 12.1 Å². The number of benzene rings is 4. The van der Waals surface area contributed by atoms with Gasteiger partial charge in [-0.1, -0.05) is 73.7 Å². The molecule has 2 unspecified atom stereocenters. The van der Waals surface area contributed by atoms with Crippen molar-refractivity contribution in [2.75, 3.05) is 4.90 Å². The molecule has 4 nitrogen and oxygen atoms in total. The van der Waals surface area contributed by atoms with Gasteiger partial charge < -0.3 is 14.7 Å². The highest BCUT2D eigenvalue weighted by molar-refractivity contribution is 6.03. The molecular formula is C33H32FNO3. The van der Waals surface area contributed by atoms with Gasteiger partial charge in [-0.05, 0) is 77.9 Å². The standard InChI is InChI=1S/C33H32FNO3/c1-2-23-8-16-28(17-9-23)35-32(26-12-18-29(19-13-26)38-22-24-6-4-3-5-7-24)30(33(35)37)20-21-31(36)25-10-14-27(34)15-11-25/h3-19,30-32,36H,2,20-22H2,1H3/t30-,31?,32?/m1/s1. The molecule has 1 saturated heterocycles. The van der Waals surface area contributed by atoms with Crippen LogP contribution in [0.25, 0.3) is 0 Å². The zero-order chi connectivity index (χ0) is 26.5. The lowest BCUT2D eigenvalue weighted by Gasteiger charge is -2.48. The molecule has 0 spiro atoms. The number of ether oxygens (including phenoxy) is 1. The van der Waals surface area contributed by atoms with Gasteiger partial charge in [0.25, 0.3) is 0 Å². The molecule has 4 aromatic rings. The molecule has 1 heterocycles. The topological polar surface area (TPSA) is 49.8 Å². The van der Waals surface area contributed by atoms with Crippen LogP contribution >= 0.6 is 0 Å². The van der Waals surface area contributed by atoms with Crippen LogP contribution in [0.5, 0.6) is 5.75 Å². The van der Waals surface area contributed by atoms with Crippen LogP contribution < -0.4 is 9.64 Å². The Labute approximate surface area is 223 Å². The van der Waals surface area contributed by atoms with Gasteiger partial charge in [-0.2, -0.15) is 0 Å². The summed E-state index contributed by atoms with van der Waals surface area (Å²) in [5.74, 6) is 0.225. The highest BCUT2D eigenvalue weighted by Crippen LogP contribution is 2.46. The zero-order valence-electron chi connectivity index (χ0n) is 21.5. The van der Waals surface area contributed by atoms with Gasteiger partial charge in [0.15, 0.2) is 0 Å². The molecule has 4 aromatic carbocycles. The maximum atomic E-state index is 13.4. The number of aliphatic hydroxyl groups excluding tert-OH is 1. The van der Waals surface area contributed by atoms with E-state index in [9.17, 15) is 14.3 Å². The fourth-order valence-corrected chi connectivity index (χ4v) is 5.08. The molecule has 5 rings (SSSR count). The smallest absolute Gasteiger partial charge is 0.233 e. The van der Waals surface area contributed by atoms with Gasteiger partial charge in [-0.25, -0.2) is 4.39 Å². The second-order valence-corrected chi connectivity index (χ2v) is 9.77. The second-order valence-electron chi connectivity index (χ2n) is 9.77. The number of anilines is 1. The van der Waals surface area contributed by atoms with Crippen molar-refractivity contribution in [3.63, 3.8) is 0 Å². The largest absolute Gasteiger partial charge is 0.489 e. The van der Waals surface area contributed by atoms with Gasteiger partial charge in [0.05, 0.1) is 18.1 Å². The van der Waals surface area contributed by atoms with Crippen LogP contribution in [0.3, 0.4) is 0 Å². The minimum Gasteiger partial charge on any atom is -0.489 e. The SMILES string of the molecule is CCc1ccc(N2C(=O)[C@H](CCC(O)c3ccc(F)cc3)C2c2ccc(OCc3ccccc3)cc2)cc1. The van der Waals surface area contributed by atoms with Crippen molar-refractivity contribution in [3.8, 4) is 5.75 Å². The first kappa shape index (κ1) is 25.7. The van der Waals surface area contributed by atoms with E-state index in [1.807, 2.05) is 71.6 Å². The normalized spacial score (nSPS) is 17.7. The maximum absolute atomic E-state index is 13.4. The van der Waals surface area contributed by atoms with Crippen LogP contribution in [0.4, 0.5) is 10.1 Å². The highest BCUT2D eigenvalue weighted by atomic mass is 19.1. The summed E-state index contributed by atoms with van der Waals surface area (Å²) in [5.41, 5.74) is 4.87. The summed E-state index contributed by atoms with van der Waals surface area (Å²) in [7, 11) is 0. The molecule has 1 amide bonds. The molecule has 5 heteroatoms. The van der Waals surface area contributed by atoms with Gasteiger partial charge in [-0.3, -0.25) is 4.79 Å². The first-order valence-electron chi connectivity index (χ1n) is 13.2. The van der Waals surface area contributed by atoms with E-state index in [1.165, 1.54) is 17.7 Å². The maximum Gasteiger partial charge on any atom is 0.233 e. The number of hydrogen-bond acceptors (Lipinski definition) is 3. The summed E-state index contributed by atoms with van der Waals surface area (Å²) in [6.45, 7) is 2.60. The minimum absolute atomic E-state index is 0.0509. The lowest BCUT2D eigenvalue weighted by atomic mass is 9.78. The molecule has 1 N–H and O–H groups in total. The number of carbonyl (C=O) groups is 1. The van der Waals surface area contributed by atoms with Crippen molar-refractivity contribution < 1.29 is 19.0 Å². The van der Waals surface area contributed by atoms with E-state index in [2.05, 4.69) is 19.1 Å². The Bertz CT molecular complexity index is 1340. The average molecular weight is 510 g/mol. The summed E-state index contributed by atoms with van der Waals surface area (Å²) in [5, 5.41) is 10.7. The molecule has 1 fully saturated rings. The first-order valence-corrected chi connectivity index (χ1v) is 13.2. The molecule has 3 atom stereocenters. The summed E-state index contributed by atoms with van der Waals surface area (Å²) >= 11 is 0. The van der Waals surface area contributed by atoms with E-state index in [4.69, 9.17) is 4.74 Å². The Morgan fingerprint density at radius 1 is 0.868 bits per heavy atom. The monoisotopic (exact) mass is 509 g/mol. The number of halogens is 1. The number of β-lactam (4-membered cyclic amide) rings is 1. The van der Waals surface area contributed by atoms with Crippen LogP contribution in [0, 0.1) is 11.7 Å². The summed E-state index contributed by atoms with van der Waals surface area (Å²) in [6, 6.07) is 31.8. The Morgan fingerprint density at radius 3 is 2.21 bits per heavy atom. The predicted molar refractivity (Wildman–Crippen MR) is 147 cm³/mol. The van der Waals surface area contributed by atoms with Crippen molar-refractivity contribution in [1.29, 1.82) is 0 Å². The third kappa shape index (κ3) is 5.63. The van der Waals surface area contributed by atoms with Crippen molar-refractivity contribution in [2.45, 2.75) is 44.9 Å². The Morgan fingerprint density at radius 2 is 1.55 bits per heavy atom. The third-order valence-corrected chi connectivity index (χ3v) is 7.31.